The topological polar surface area (TPSA) is 0 Å². The molecule has 100 valence electrons. The molecule has 0 spiro atoms. The quantitative estimate of drug-likeness (QED) is 0.416. The highest BCUT2D eigenvalue weighted by molar-refractivity contribution is 9.10. The van der Waals surface area contributed by atoms with E-state index in [1.54, 1.807) is 6.07 Å². The summed E-state index contributed by atoms with van der Waals surface area (Å²) >= 11 is 20.8. The monoisotopic (exact) mass is 384 g/mol. The summed E-state index contributed by atoms with van der Waals surface area (Å²) in [5.41, 5.74) is 0.197. The van der Waals surface area contributed by atoms with Crippen molar-refractivity contribution in [3.8, 4) is 0 Å². The van der Waals surface area contributed by atoms with Crippen molar-refractivity contribution in [2.45, 2.75) is 5.38 Å². The van der Waals surface area contributed by atoms with E-state index in [-0.39, 0.29) is 16.1 Å². The number of hydrogen-bond donors (Lipinski definition) is 0. The number of hydrogen-bond acceptors (Lipinski definition) is 0. The fourth-order valence-corrected chi connectivity index (χ4v) is 2.62. The minimum Gasteiger partial charge on any atom is -0.207 e. The van der Waals surface area contributed by atoms with Gasteiger partial charge in [0.15, 0.2) is 0 Å². The predicted octanol–water partition coefficient (Wildman–Crippen LogP) is 6.36. The average Bonchev–Trinajstić information content (AvgIpc) is 2.36. The molecule has 2 aromatic carbocycles. The third-order valence-corrected chi connectivity index (χ3v) is 4.53. The minimum atomic E-state index is -1.01. The number of benzene rings is 2. The Hall–Kier alpha value is -0.350. The Morgan fingerprint density at radius 2 is 1.68 bits per heavy atom. The van der Waals surface area contributed by atoms with Crippen LogP contribution in [0.3, 0.4) is 0 Å². The van der Waals surface area contributed by atoms with E-state index >= 15 is 0 Å². The molecular weight excluding hydrogens is 380 g/mol. The van der Waals surface area contributed by atoms with Gasteiger partial charge in [0.1, 0.15) is 11.6 Å². The maximum atomic E-state index is 13.9. The van der Waals surface area contributed by atoms with Crippen LogP contribution in [0.2, 0.25) is 10.0 Å². The normalized spacial score (nSPS) is 12.5. The van der Waals surface area contributed by atoms with Crippen molar-refractivity contribution in [1.29, 1.82) is 0 Å². The maximum absolute atomic E-state index is 13.9. The lowest BCUT2D eigenvalue weighted by Gasteiger charge is -2.14. The zero-order chi connectivity index (χ0) is 14.2. The third-order valence-electron chi connectivity index (χ3n) is 2.57. The molecule has 2 aromatic rings. The highest BCUT2D eigenvalue weighted by Gasteiger charge is 2.21. The molecule has 0 radical (unpaired) electrons. The number of rotatable bonds is 2. The lowest BCUT2D eigenvalue weighted by Crippen LogP contribution is -2.00. The second-order valence-electron chi connectivity index (χ2n) is 3.79. The Kier molecular flexibility index (Phi) is 4.72. The van der Waals surface area contributed by atoms with Crippen molar-refractivity contribution >= 4 is 50.7 Å². The van der Waals surface area contributed by atoms with Crippen LogP contribution < -0.4 is 0 Å². The minimum absolute atomic E-state index is 0.0632. The Labute approximate surface area is 132 Å². The molecule has 0 bridgehead atoms. The van der Waals surface area contributed by atoms with Crippen LogP contribution in [0.4, 0.5) is 8.78 Å². The van der Waals surface area contributed by atoms with Crippen LogP contribution in [0.25, 0.3) is 0 Å². The molecule has 0 aliphatic heterocycles. The van der Waals surface area contributed by atoms with Gasteiger partial charge in [-0.3, -0.25) is 0 Å². The fraction of sp³-hybridized carbons (Fsp3) is 0.0769. The van der Waals surface area contributed by atoms with Crippen molar-refractivity contribution in [2.75, 3.05) is 0 Å². The van der Waals surface area contributed by atoms with Gasteiger partial charge < -0.3 is 0 Å². The van der Waals surface area contributed by atoms with Crippen LogP contribution in [0.5, 0.6) is 0 Å². The molecule has 0 fully saturated rings. The summed E-state index contributed by atoms with van der Waals surface area (Å²) in [6.07, 6.45) is 0. The molecular formula is C13H6BrCl3F2. The lowest BCUT2D eigenvalue weighted by molar-refractivity contribution is 0.596. The van der Waals surface area contributed by atoms with Crippen LogP contribution >= 0.6 is 50.7 Å². The molecule has 0 heterocycles. The van der Waals surface area contributed by atoms with Crippen molar-refractivity contribution in [1.82, 2.24) is 0 Å². The van der Waals surface area contributed by atoms with E-state index in [9.17, 15) is 8.78 Å². The number of alkyl halides is 1. The van der Waals surface area contributed by atoms with Crippen LogP contribution in [-0.4, -0.2) is 0 Å². The highest BCUT2D eigenvalue weighted by Crippen LogP contribution is 2.37. The van der Waals surface area contributed by atoms with Gasteiger partial charge in [-0.25, -0.2) is 8.78 Å². The lowest BCUT2D eigenvalue weighted by atomic mass is 10.0. The fourth-order valence-electron chi connectivity index (χ4n) is 1.62. The molecule has 0 aliphatic rings. The number of halogens is 6. The van der Waals surface area contributed by atoms with Gasteiger partial charge in [-0.15, -0.1) is 11.6 Å². The molecule has 0 saturated heterocycles. The van der Waals surface area contributed by atoms with E-state index in [4.69, 9.17) is 34.8 Å². The highest BCUT2D eigenvalue weighted by atomic mass is 79.9. The van der Waals surface area contributed by atoms with Gasteiger partial charge in [0.2, 0.25) is 0 Å². The second kappa shape index (κ2) is 5.96. The largest absolute Gasteiger partial charge is 0.207 e. The molecule has 1 unspecified atom stereocenters. The average molecular weight is 386 g/mol. The van der Waals surface area contributed by atoms with Gasteiger partial charge in [-0.2, -0.15) is 0 Å². The van der Waals surface area contributed by atoms with Crippen molar-refractivity contribution in [2.24, 2.45) is 0 Å². The zero-order valence-electron chi connectivity index (χ0n) is 9.23. The molecule has 0 aromatic heterocycles. The van der Waals surface area contributed by atoms with Gasteiger partial charge >= 0.3 is 0 Å². The Bertz CT molecular complexity index is 632. The summed E-state index contributed by atoms with van der Waals surface area (Å²) in [6, 6.07) is 6.95. The smallest absolute Gasteiger partial charge is 0.146 e. The first-order valence-corrected chi connectivity index (χ1v) is 7.12. The molecule has 0 N–H and O–H groups in total. The second-order valence-corrected chi connectivity index (χ2v) is 5.90. The zero-order valence-corrected chi connectivity index (χ0v) is 13.1. The Morgan fingerprint density at radius 1 is 1.00 bits per heavy atom. The van der Waals surface area contributed by atoms with E-state index < -0.39 is 17.0 Å². The summed E-state index contributed by atoms with van der Waals surface area (Å²) in [5.74, 6) is -1.24. The summed E-state index contributed by atoms with van der Waals surface area (Å²) in [6.45, 7) is 0. The first-order chi connectivity index (χ1) is 8.91. The van der Waals surface area contributed by atoms with Gasteiger partial charge in [-0.1, -0.05) is 35.3 Å². The third kappa shape index (κ3) is 3.05. The van der Waals surface area contributed by atoms with E-state index in [1.165, 1.54) is 24.3 Å². The van der Waals surface area contributed by atoms with Gasteiger partial charge in [0.05, 0.1) is 15.4 Å². The van der Waals surface area contributed by atoms with Gasteiger partial charge in [0, 0.05) is 15.6 Å². The van der Waals surface area contributed by atoms with Gasteiger partial charge in [-0.05, 0) is 34.1 Å². The molecule has 1 atom stereocenters. The summed E-state index contributed by atoms with van der Waals surface area (Å²) in [7, 11) is 0. The van der Waals surface area contributed by atoms with Crippen LogP contribution in [0, 0.1) is 11.6 Å². The SMILES string of the molecule is Fc1cc(Br)c(Cl)cc1C(Cl)c1cccc(Cl)c1F. The molecule has 0 aliphatic carbocycles. The van der Waals surface area contributed by atoms with Crippen molar-refractivity contribution in [3.63, 3.8) is 0 Å². The first kappa shape index (κ1) is 15.0. The molecule has 0 amide bonds. The molecule has 0 nitrogen and oxygen atoms in total. The van der Waals surface area contributed by atoms with Crippen molar-refractivity contribution in [3.05, 3.63) is 67.6 Å². The first-order valence-electron chi connectivity index (χ1n) is 5.14. The van der Waals surface area contributed by atoms with Gasteiger partial charge in [0.25, 0.3) is 0 Å². The Morgan fingerprint density at radius 3 is 2.37 bits per heavy atom. The molecule has 6 heteroatoms. The summed E-state index contributed by atoms with van der Waals surface area (Å²) in [4.78, 5) is 0. The molecule has 0 saturated carbocycles. The molecule has 19 heavy (non-hydrogen) atoms. The van der Waals surface area contributed by atoms with Crippen LogP contribution in [0.1, 0.15) is 16.5 Å². The predicted molar refractivity (Wildman–Crippen MR) is 78.2 cm³/mol. The summed E-state index contributed by atoms with van der Waals surface area (Å²) < 4.78 is 28.1. The summed E-state index contributed by atoms with van der Waals surface area (Å²) in [5, 5.41) is -0.777. The standard InChI is InChI=1S/C13H6BrCl3F2/c14-8-5-11(18)7(4-10(8)16)12(17)6-2-1-3-9(15)13(6)19/h1-5,12H. The van der Waals surface area contributed by atoms with E-state index in [2.05, 4.69) is 15.9 Å². The van der Waals surface area contributed by atoms with Crippen LogP contribution in [0.15, 0.2) is 34.8 Å². The Balaban J connectivity index is 2.53. The van der Waals surface area contributed by atoms with Crippen LogP contribution in [-0.2, 0) is 0 Å². The van der Waals surface area contributed by atoms with Crippen molar-refractivity contribution < 1.29 is 8.78 Å². The maximum Gasteiger partial charge on any atom is 0.146 e. The van der Waals surface area contributed by atoms with E-state index in [0.717, 1.165) is 0 Å². The van der Waals surface area contributed by atoms with E-state index in [0.29, 0.717) is 9.50 Å². The van der Waals surface area contributed by atoms with E-state index in [1.807, 2.05) is 0 Å². The molecule has 2 rings (SSSR count).